The maximum atomic E-state index is 12.2. The van der Waals surface area contributed by atoms with Gasteiger partial charge in [0.2, 0.25) is 0 Å². The normalized spacial score (nSPS) is 12.4. The van der Waals surface area contributed by atoms with E-state index in [-0.39, 0.29) is 26.1 Å². The van der Waals surface area contributed by atoms with Gasteiger partial charge >= 0.3 is 23.9 Å². The van der Waals surface area contributed by atoms with Crippen molar-refractivity contribution >= 4 is 23.9 Å². The molecular weight excluding hydrogens is 428 g/mol. The topological polar surface area (TPSA) is 127 Å². The number of allylic oxidation sites excluding steroid dienone is 2. The van der Waals surface area contributed by atoms with Gasteiger partial charge in [0.1, 0.15) is 0 Å². The van der Waals surface area contributed by atoms with Gasteiger partial charge in [-0.1, -0.05) is 38.8 Å². The van der Waals surface area contributed by atoms with Crippen LogP contribution in [-0.4, -0.2) is 47.3 Å². The van der Waals surface area contributed by atoms with Crippen LogP contribution in [-0.2, 0) is 28.7 Å². The molecule has 33 heavy (non-hydrogen) atoms. The fraction of sp³-hybridized carbons (Fsp3) is 0.680. The molecule has 0 aliphatic rings. The Morgan fingerprint density at radius 2 is 1.03 bits per heavy atom. The molecule has 0 bridgehead atoms. The number of esters is 2. The third-order valence-electron chi connectivity index (χ3n) is 4.92. The second-order valence-electron chi connectivity index (χ2n) is 9.08. The lowest BCUT2D eigenvalue weighted by Crippen LogP contribution is -2.29. The molecule has 0 unspecified atom stereocenters. The molecule has 0 aromatic heterocycles. The summed E-state index contributed by atoms with van der Waals surface area (Å²) < 4.78 is 10.7. The molecule has 8 heteroatoms. The van der Waals surface area contributed by atoms with Gasteiger partial charge in [-0.05, 0) is 52.4 Å². The Morgan fingerprint density at radius 1 is 0.667 bits per heavy atom. The van der Waals surface area contributed by atoms with Crippen LogP contribution in [0, 0.1) is 5.41 Å². The largest absolute Gasteiger partial charge is 0.481 e. The van der Waals surface area contributed by atoms with Gasteiger partial charge in [0.15, 0.2) is 0 Å². The first kappa shape index (κ1) is 30.4. The van der Waals surface area contributed by atoms with Crippen LogP contribution in [0.5, 0.6) is 0 Å². The van der Waals surface area contributed by atoms with E-state index < -0.39 is 29.3 Å². The fourth-order valence-electron chi connectivity index (χ4n) is 2.79. The minimum Gasteiger partial charge on any atom is -0.481 e. The monoisotopic (exact) mass is 468 g/mol. The summed E-state index contributed by atoms with van der Waals surface area (Å²) in [4.78, 5) is 45.3. The molecule has 0 heterocycles. The van der Waals surface area contributed by atoms with E-state index in [0.29, 0.717) is 36.8 Å². The molecule has 0 atom stereocenters. The van der Waals surface area contributed by atoms with Crippen molar-refractivity contribution < 1.29 is 38.9 Å². The molecule has 0 fully saturated rings. The van der Waals surface area contributed by atoms with Crippen LogP contribution in [0.25, 0.3) is 0 Å². The smallest absolute Gasteiger partial charge is 0.333 e. The first-order valence-corrected chi connectivity index (χ1v) is 11.6. The molecule has 0 radical (unpaired) electrons. The standard InChI is InChI=1S/C25H40O8/c1-19(13-9-5-7-11-15-21(26)27)23(30)32-17-25(3,4)18-33-24(31)20(2)14-10-6-8-12-16-22(28)29/h13-14H,5-12,15-18H2,1-4H3,(H,26,27)(H,28,29). The fourth-order valence-corrected chi connectivity index (χ4v) is 2.79. The third kappa shape index (κ3) is 17.6. The second-order valence-corrected chi connectivity index (χ2v) is 9.08. The minimum absolute atomic E-state index is 0.106. The highest BCUT2D eigenvalue weighted by atomic mass is 16.5. The highest BCUT2D eigenvalue weighted by molar-refractivity contribution is 5.88. The maximum absolute atomic E-state index is 12.2. The molecule has 0 aliphatic carbocycles. The number of carboxylic acids is 2. The molecule has 0 amide bonds. The summed E-state index contributed by atoms with van der Waals surface area (Å²) in [5.41, 5.74) is 0.464. The predicted molar refractivity (Wildman–Crippen MR) is 125 cm³/mol. The number of rotatable bonds is 18. The van der Waals surface area contributed by atoms with E-state index in [0.717, 1.165) is 25.7 Å². The minimum atomic E-state index is -0.797. The molecule has 188 valence electrons. The Morgan fingerprint density at radius 3 is 1.36 bits per heavy atom. The van der Waals surface area contributed by atoms with Crippen LogP contribution in [0.4, 0.5) is 0 Å². The number of carbonyl (C=O) groups is 4. The Hall–Kier alpha value is -2.64. The molecule has 0 aromatic rings. The molecule has 0 spiro atoms. The predicted octanol–water partition coefficient (Wildman–Crippen LogP) is 5.06. The highest BCUT2D eigenvalue weighted by Gasteiger charge is 2.23. The number of hydrogen-bond acceptors (Lipinski definition) is 6. The Balaban J connectivity index is 4.21. The van der Waals surface area contributed by atoms with Crippen LogP contribution in [0.15, 0.2) is 23.3 Å². The number of ether oxygens (including phenoxy) is 2. The van der Waals surface area contributed by atoms with Crippen molar-refractivity contribution in [2.45, 2.75) is 91.9 Å². The van der Waals surface area contributed by atoms with E-state index in [1.54, 1.807) is 26.0 Å². The van der Waals surface area contributed by atoms with E-state index in [1.165, 1.54) is 0 Å². The lowest BCUT2D eigenvalue weighted by atomic mass is 9.96. The van der Waals surface area contributed by atoms with E-state index in [2.05, 4.69) is 0 Å². The van der Waals surface area contributed by atoms with Crippen LogP contribution in [0.1, 0.15) is 91.9 Å². The summed E-state index contributed by atoms with van der Waals surface area (Å²) in [5, 5.41) is 17.2. The number of unbranched alkanes of at least 4 members (excludes halogenated alkanes) is 6. The van der Waals surface area contributed by atoms with Crippen LogP contribution >= 0.6 is 0 Å². The first-order valence-electron chi connectivity index (χ1n) is 11.6. The van der Waals surface area contributed by atoms with E-state index >= 15 is 0 Å². The van der Waals surface area contributed by atoms with Gasteiger partial charge in [-0.25, -0.2) is 9.59 Å². The third-order valence-corrected chi connectivity index (χ3v) is 4.92. The molecule has 0 saturated heterocycles. The molecule has 8 nitrogen and oxygen atoms in total. The molecule has 2 N–H and O–H groups in total. The average molecular weight is 469 g/mol. The maximum Gasteiger partial charge on any atom is 0.333 e. The number of aliphatic carboxylic acids is 2. The van der Waals surface area contributed by atoms with Crippen molar-refractivity contribution in [1.29, 1.82) is 0 Å². The van der Waals surface area contributed by atoms with E-state index in [4.69, 9.17) is 19.7 Å². The lowest BCUT2D eigenvalue weighted by molar-refractivity contribution is -0.148. The molecule has 0 rings (SSSR count). The summed E-state index contributed by atoms with van der Waals surface area (Å²) in [6.07, 6.45) is 9.76. The van der Waals surface area contributed by atoms with Gasteiger partial charge in [0.05, 0.1) is 13.2 Å². The van der Waals surface area contributed by atoms with Crippen molar-refractivity contribution in [1.82, 2.24) is 0 Å². The van der Waals surface area contributed by atoms with Crippen LogP contribution in [0.3, 0.4) is 0 Å². The summed E-state index contributed by atoms with van der Waals surface area (Å²) in [7, 11) is 0. The van der Waals surface area contributed by atoms with Crippen molar-refractivity contribution in [2.24, 2.45) is 5.41 Å². The summed E-state index contributed by atoms with van der Waals surface area (Å²) in [5.74, 6) is -2.43. The molecule has 0 aromatic carbocycles. The van der Waals surface area contributed by atoms with Gasteiger partial charge in [-0.15, -0.1) is 0 Å². The van der Waals surface area contributed by atoms with E-state index in [1.807, 2.05) is 13.8 Å². The number of hydrogen-bond donors (Lipinski definition) is 2. The summed E-state index contributed by atoms with van der Waals surface area (Å²) in [6.45, 7) is 7.27. The van der Waals surface area contributed by atoms with Crippen LogP contribution < -0.4 is 0 Å². The SMILES string of the molecule is CC(=CCCCCCC(=O)O)C(=O)OCC(C)(C)COC(=O)C(C)=CCCCCCC(=O)O. The summed E-state index contributed by atoms with van der Waals surface area (Å²) in [6, 6.07) is 0. The van der Waals surface area contributed by atoms with Crippen LogP contribution in [0.2, 0.25) is 0 Å². The van der Waals surface area contributed by atoms with Gasteiger partial charge in [-0.2, -0.15) is 0 Å². The Bertz CT molecular complexity index is 645. The van der Waals surface area contributed by atoms with Crippen molar-refractivity contribution in [3.05, 3.63) is 23.3 Å². The average Bonchev–Trinajstić information content (AvgIpc) is 2.74. The van der Waals surface area contributed by atoms with Crippen molar-refractivity contribution in [2.75, 3.05) is 13.2 Å². The van der Waals surface area contributed by atoms with E-state index in [9.17, 15) is 19.2 Å². The highest BCUT2D eigenvalue weighted by Crippen LogP contribution is 2.18. The molecule has 0 aliphatic heterocycles. The molecule has 0 saturated carbocycles. The summed E-state index contributed by atoms with van der Waals surface area (Å²) >= 11 is 0. The van der Waals surface area contributed by atoms with Gasteiger partial charge in [-0.3, -0.25) is 9.59 Å². The zero-order chi connectivity index (χ0) is 25.3. The quantitative estimate of drug-likeness (QED) is 0.162. The second kappa shape index (κ2) is 16.9. The number of carbonyl (C=O) groups excluding carboxylic acids is 2. The molecular formula is C25H40O8. The Labute approximate surface area is 197 Å². The number of carboxylic acid groups (broad SMARTS) is 2. The van der Waals surface area contributed by atoms with Gasteiger partial charge < -0.3 is 19.7 Å². The zero-order valence-electron chi connectivity index (χ0n) is 20.5. The Kier molecular flexibility index (Phi) is 15.6. The van der Waals surface area contributed by atoms with Crippen molar-refractivity contribution in [3.8, 4) is 0 Å². The lowest BCUT2D eigenvalue weighted by Gasteiger charge is -2.23. The first-order chi connectivity index (χ1) is 15.4. The zero-order valence-corrected chi connectivity index (χ0v) is 20.5. The van der Waals surface area contributed by atoms with Gasteiger partial charge in [0, 0.05) is 29.4 Å². The van der Waals surface area contributed by atoms with Gasteiger partial charge in [0.25, 0.3) is 0 Å². The van der Waals surface area contributed by atoms with Crippen molar-refractivity contribution in [3.63, 3.8) is 0 Å².